The maximum absolute atomic E-state index is 11.7. The third-order valence-corrected chi connectivity index (χ3v) is 3.47. The quantitative estimate of drug-likeness (QED) is 0.684. The van der Waals surface area contributed by atoms with Gasteiger partial charge in [0.1, 0.15) is 0 Å². The van der Waals surface area contributed by atoms with Gasteiger partial charge in [0.05, 0.1) is 11.2 Å². The number of nitrogens with one attached hydrogen (secondary N) is 3. The van der Waals surface area contributed by atoms with Crippen molar-refractivity contribution in [3.05, 3.63) is 59.8 Å². The molecule has 0 unspecified atom stereocenters. The van der Waals surface area contributed by atoms with E-state index < -0.39 is 0 Å². The number of rotatable bonds is 4. The molecular weight excluding hydrogens is 288 g/mol. The first-order valence-corrected chi connectivity index (χ1v) is 7.53. The van der Waals surface area contributed by atoms with Crippen molar-refractivity contribution in [1.82, 2.24) is 15.5 Å². The highest BCUT2D eigenvalue weighted by Crippen LogP contribution is 2.21. The van der Waals surface area contributed by atoms with Crippen molar-refractivity contribution in [2.24, 2.45) is 0 Å². The molecule has 3 rings (SSSR count). The number of para-hydroxylation sites is 2. The number of anilines is 1. The molecule has 0 spiro atoms. The molecule has 0 saturated carbocycles. The van der Waals surface area contributed by atoms with Crippen LogP contribution in [0.2, 0.25) is 0 Å². The second-order valence-corrected chi connectivity index (χ2v) is 5.06. The summed E-state index contributed by atoms with van der Waals surface area (Å²) in [6.45, 7) is 2.47. The van der Waals surface area contributed by atoms with Crippen LogP contribution in [0.3, 0.4) is 0 Å². The maximum Gasteiger partial charge on any atom is 0.319 e. The summed E-state index contributed by atoms with van der Waals surface area (Å²) in [5.41, 5.74) is 3.55. The van der Waals surface area contributed by atoms with E-state index in [1.807, 2.05) is 67.6 Å². The molecule has 0 aliphatic heterocycles. The number of amides is 2. The minimum atomic E-state index is -0.210. The summed E-state index contributed by atoms with van der Waals surface area (Å²) in [6.07, 6.45) is 3.89. The third-order valence-electron chi connectivity index (χ3n) is 3.47. The molecule has 116 valence electrons. The van der Waals surface area contributed by atoms with Crippen LogP contribution >= 0.6 is 0 Å². The van der Waals surface area contributed by atoms with Gasteiger partial charge in [0.25, 0.3) is 0 Å². The average molecular weight is 306 g/mol. The molecule has 0 radical (unpaired) electrons. The molecule has 0 atom stereocenters. The van der Waals surface area contributed by atoms with Gasteiger partial charge in [-0.25, -0.2) is 4.79 Å². The van der Waals surface area contributed by atoms with Gasteiger partial charge in [-0.05, 0) is 30.7 Å². The molecule has 0 aliphatic carbocycles. The molecule has 5 heteroatoms. The molecule has 0 bridgehead atoms. The van der Waals surface area contributed by atoms with E-state index in [0.717, 1.165) is 27.8 Å². The number of aromatic nitrogens is 2. The number of urea groups is 1. The van der Waals surface area contributed by atoms with Crippen LogP contribution in [0.25, 0.3) is 23.1 Å². The summed E-state index contributed by atoms with van der Waals surface area (Å²) in [4.78, 5) is 11.7. The van der Waals surface area contributed by atoms with Crippen LogP contribution in [0.5, 0.6) is 0 Å². The Morgan fingerprint density at radius 1 is 1.13 bits per heavy atom. The van der Waals surface area contributed by atoms with Gasteiger partial charge in [-0.2, -0.15) is 5.10 Å². The van der Waals surface area contributed by atoms with Crippen molar-refractivity contribution in [3.63, 3.8) is 0 Å². The molecule has 2 aromatic carbocycles. The Hall–Kier alpha value is -3.08. The second kappa shape index (κ2) is 6.79. The predicted octanol–water partition coefficient (Wildman–Crippen LogP) is 3.87. The summed E-state index contributed by atoms with van der Waals surface area (Å²) >= 11 is 0. The van der Waals surface area contributed by atoms with Crippen LogP contribution in [0.1, 0.15) is 18.2 Å². The fourth-order valence-corrected chi connectivity index (χ4v) is 2.36. The number of benzene rings is 2. The summed E-state index contributed by atoms with van der Waals surface area (Å²) in [6, 6.07) is 15.4. The van der Waals surface area contributed by atoms with Gasteiger partial charge in [-0.1, -0.05) is 42.5 Å². The Morgan fingerprint density at radius 2 is 1.91 bits per heavy atom. The minimum Gasteiger partial charge on any atom is -0.338 e. The number of aromatic amines is 1. The van der Waals surface area contributed by atoms with Crippen LogP contribution in [-0.4, -0.2) is 22.8 Å². The van der Waals surface area contributed by atoms with E-state index in [1.165, 1.54) is 0 Å². The molecule has 5 nitrogen and oxygen atoms in total. The highest BCUT2D eigenvalue weighted by molar-refractivity contribution is 5.94. The van der Waals surface area contributed by atoms with Crippen LogP contribution in [0, 0.1) is 0 Å². The lowest BCUT2D eigenvalue weighted by Crippen LogP contribution is -2.28. The molecule has 3 aromatic rings. The molecule has 0 aliphatic rings. The van der Waals surface area contributed by atoms with E-state index in [1.54, 1.807) is 0 Å². The first-order valence-electron chi connectivity index (χ1n) is 7.53. The summed E-state index contributed by atoms with van der Waals surface area (Å²) < 4.78 is 0. The summed E-state index contributed by atoms with van der Waals surface area (Å²) in [7, 11) is 0. The van der Waals surface area contributed by atoms with Crippen LogP contribution in [0.4, 0.5) is 10.5 Å². The molecule has 1 heterocycles. The summed E-state index contributed by atoms with van der Waals surface area (Å²) in [5.74, 6) is 0. The highest BCUT2D eigenvalue weighted by Gasteiger charge is 2.04. The van der Waals surface area contributed by atoms with E-state index in [0.29, 0.717) is 6.54 Å². The van der Waals surface area contributed by atoms with Crippen molar-refractivity contribution < 1.29 is 4.79 Å². The zero-order chi connectivity index (χ0) is 16.1. The molecule has 0 saturated heterocycles. The molecule has 23 heavy (non-hydrogen) atoms. The standard InChI is InChI=1S/C18H18N4O/c1-2-19-18(23)20-15-9-5-3-7-13(15)11-12-17-14-8-4-6-10-16(14)21-22-17/h3-12H,2H2,1H3,(H,21,22)(H2,19,20,23). The van der Waals surface area contributed by atoms with E-state index in [9.17, 15) is 4.79 Å². The minimum absolute atomic E-state index is 0.210. The fourth-order valence-electron chi connectivity index (χ4n) is 2.36. The van der Waals surface area contributed by atoms with Crippen molar-refractivity contribution in [3.8, 4) is 0 Å². The number of nitrogens with zero attached hydrogens (tertiary/aromatic N) is 1. The zero-order valence-electron chi connectivity index (χ0n) is 12.8. The number of hydrogen-bond acceptors (Lipinski definition) is 2. The lowest BCUT2D eigenvalue weighted by molar-refractivity contribution is 0.252. The van der Waals surface area contributed by atoms with Crippen molar-refractivity contribution in [1.29, 1.82) is 0 Å². The number of carbonyl (C=O) groups excluding carboxylic acids is 1. The van der Waals surface area contributed by atoms with Crippen LogP contribution in [0.15, 0.2) is 48.5 Å². The van der Waals surface area contributed by atoms with Crippen LogP contribution in [-0.2, 0) is 0 Å². The van der Waals surface area contributed by atoms with Crippen LogP contribution < -0.4 is 10.6 Å². The molecule has 1 aromatic heterocycles. The Kier molecular flexibility index (Phi) is 4.38. The SMILES string of the molecule is CCNC(=O)Nc1ccccc1C=Cc1n[nH]c2ccccc12. The second-order valence-electron chi connectivity index (χ2n) is 5.06. The van der Waals surface area contributed by atoms with Gasteiger partial charge in [0.2, 0.25) is 0 Å². The maximum atomic E-state index is 11.7. The zero-order valence-corrected chi connectivity index (χ0v) is 12.8. The van der Waals surface area contributed by atoms with E-state index in [-0.39, 0.29) is 6.03 Å². The fraction of sp³-hybridized carbons (Fsp3) is 0.111. The lowest BCUT2D eigenvalue weighted by Gasteiger charge is -2.08. The normalized spacial score (nSPS) is 11.0. The largest absolute Gasteiger partial charge is 0.338 e. The smallest absolute Gasteiger partial charge is 0.319 e. The van der Waals surface area contributed by atoms with Gasteiger partial charge < -0.3 is 10.6 Å². The van der Waals surface area contributed by atoms with Gasteiger partial charge >= 0.3 is 6.03 Å². The van der Waals surface area contributed by atoms with Gasteiger partial charge in [0, 0.05) is 17.6 Å². The number of hydrogen-bond donors (Lipinski definition) is 3. The van der Waals surface area contributed by atoms with Gasteiger partial charge in [-0.3, -0.25) is 5.10 Å². The molecule has 0 fully saturated rings. The monoisotopic (exact) mass is 306 g/mol. The number of carbonyl (C=O) groups is 1. The summed E-state index contributed by atoms with van der Waals surface area (Å²) in [5, 5.41) is 14.0. The average Bonchev–Trinajstić information content (AvgIpc) is 2.97. The highest BCUT2D eigenvalue weighted by atomic mass is 16.2. The number of H-pyrrole nitrogens is 1. The topological polar surface area (TPSA) is 69.8 Å². The number of fused-ring (bicyclic) bond motifs is 1. The third kappa shape index (κ3) is 3.40. The molecular formula is C18H18N4O. The molecule has 2 amide bonds. The van der Waals surface area contributed by atoms with Crippen molar-refractivity contribution in [2.45, 2.75) is 6.92 Å². The lowest BCUT2D eigenvalue weighted by atomic mass is 10.1. The Bertz CT molecular complexity index is 851. The van der Waals surface area contributed by atoms with Crippen molar-refractivity contribution >= 4 is 34.8 Å². The van der Waals surface area contributed by atoms with E-state index in [2.05, 4.69) is 20.8 Å². The van der Waals surface area contributed by atoms with E-state index in [4.69, 9.17) is 0 Å². The van der Waals surface area contributed by atoms with Gasteiger partial charge in [0.15, 0.2) is 0 Å². The predicted molar refractivity (Wildman–Crippen MR) is 94.2 cm³/mol. The Balaban J connectivity index is 1.86. The van der Waals surface area contributed by atoms with E-state index >= 15 is 0 Å². The molecule has 3 N–H and O–H groups in total. The first kappa shape index (κ1) is 14.8. The Labute approximate surface area is 134 Å². The Morgan fingerprint density at radius 3 is 2.78 bits per heavy atom. The van der Waals surface area contributed by atoms with Gasteiger partial charge in [-0.15, -0.1) is 0 Å². The van der Waals surface area contributed by atoms with Crippen molar-refractivity contribution in [2.75, 3.05) is 11.9 Å². The first-order chi connectivity index (χ1) is 11.3.